The van der Waals surface area contributed by atoms with Crippen LogP contribution in [-0.4, -0.2) is 96.7 Å². The molecular weight excluding hydrogens is 1400 g/mol. The molecule has 108 heavy (non-hydrogen) atoms. The monoisotopic (exact) mass is 1550 g/mol. The topological polar surface area (TPSA) is 237 Å². The first kappa shape index (κ1) is 103. The molecule has 19 heteroatoms. The van der Waals surface area contributed by atoms with Gasteiger partial charge in [0.2, 0.25) is 0 Å². The van der Waals surface area contributed by atoms with Gasteiger partial charge in [0, 0.05) is 25.7 Å². The summed E-state index contributed by atoms with van der Waals surface area (Å²) >= 11 is 0. The predicted octanol–water partition coefficient (Wildman–Crippen LogP) is 24.8. The SMILES string of the molecule is CC/C=C\C/C=C\C/C=C\C/C=C\C/C=C\CCCCCC(=O)OCC(COP(=O)(O)OCC(O)COP(=O)(O)OCC(COC(=O)CCCCCCC/C=C\C/C=C\C/C=C\CC)OC(=O)CCCCCCC/C=C\CCCCCCCC)OC(=O)CCCCCCCC/C=C\C/C=C\C/C=C\C/C=C\CC. The third kappa shape index (κ3) is 78.8. The molecule has 0 rings (SSSR count). The van der Waals surface area contributed by atoms with E-state index in [9.17, 15) is 43.2 Å². The fraction of sp³-hybridized carbons (Fsp3) is 0.663. The van der Waals surface area contributed by atoms with Gasteiger partial charge >= 0.3 is 39.5 Å². The van der Waals surface area contributed by atoms with Crippen LogP contribution in [-0.2, 0) is 65.4 Å². The minimum atomic E-state index is -5.00. The first-order chi connectivity index (χ1) is 52.7. The second-order valence-corrected chi connectivity index (χ2v) is 30.2. The Balaban J connectivity index is 5.45. The lowest BCUT2D eigenvalue weighted by Gasteiger charge is -2.21. The van der Waals surface area contributed by atoms with E-state index in [0.29, 0.717) is 25.7 Å². The summed E-state index contributed by atoms with van der Waals surface area (Å²) in [5, 5.41) is 10.7. The zero-order valence-corrected chi connectivity index (χ0v) is 69.3. The van der Waals surface area contributed by atoms with Gasteiger partial charge in [-0.25, -0.2) is 9.13 Å². The third-order valence-corrected chi connectivity index (χ3v) is 18.9. The molecule has 0 fully saturated rings. The average molecular weight is 1550 g/mol. The van der Waals surface area contributed by atoms with E-state index < -0.39 is 97.5 Å². The lowest BCUT2D eigenvalue weighted by Crippen LogP contribution is -2.30. The van der Waals surface area contributed by atoms with Crippen molar-refractivity contribution in [3.05, 3.63) is 158 Å². The van der Waals surface area contributed by atoms with Crippen molar-refractivity contribution in [3.8, 4) is 0 Å². The highest BCUT2D eigenvalue weighted by Gasteiger charge is 2.30. The molecule has 0 aliphatic carbocycles. The van der Waals surface area contributed by atoms with Gasteiger partial charge in [-0.1, -0.05) is 288 Å². The van der Waals surface area contributed by atoms with E-state index >= 15 is 0 Å². The van der Waals surface area contributed by atoms with Gasteiger partial charge < -0.3 is 33.8 Å². The van der Waals surface area contributed by atoms with Crippen molar-refractivity contribution in [1.29, 1.82) is 0 Å². The summed E-state index contributed by atoms with van der Waals surface area (Å²) < 4.78 is 68.7. The molecule has 0 radical (unpaired) electrons. The van der Waals surface area contributed by atoms with Crippen molar-refractivity contribution in [2.75, 3.05) is 39.6 Å². The van der Waals surface area contributed by atoms with Gasteiger partial charge in [0.1, 0.15) is 19.3 Å². The molecule has 0 spiro atoms. The van der Waals surface area contributed by atoms with Crippen LogP contribution in [0.25, 0.3) is 0 Å². The van der Waals surface area contributed by atoms with Crippen LogP contribution in [0, 0.1) is 0 Å². The van der Waals surface area contributed by atoms with Crippen LogP contribution in [0.15, 0.2) is 158 Å². The smallest absolute Gasteiger partial charge is 0.462 e. The van der Waals surface area contributed by atoms with Gasteiger partial charge in [-0.2, -0.15) is 0 Å². The Morgan fingerprint density at radius 3 is 0.759 bits per heavy atom. The maximum absolute atomic E-state index is 13.1. The normalized spacial score (nSPS) is 14.6. The zero-order valence-electron chi connectivity index (χ0n) is 67.5. The lowest BCUT2D eigenvalue weighted by atomic mass is 10.1. The number of carbonyl (C=O) groups is 4. The minimum Gasteiger partial charge on any atom is -0.462 e. The Bertz CT molecular complexity index is 2660. The number of rotatable bonds is 77. The molecule has 17 nitrogen and oxygen atoms in total. The molecule has 5 unspecified atom stereocenters. The molecule has 0 amide bonds. The Kier molecular flexibility index (Phi) is 75.8. The number of hydrogen-bond acceptors (Lipinski definition) is 15. The first-order valence-electron chi connectivity index (χ1n) is 41.7. The highest BCUT2D eigenvalue weighted by atomic mass is 31.2. The summed E-state index contributed by atoms with van der Waals surface area (Å²) in [7, 11) is -9.99. The van der Waals surface area contributed by atoms with Crippen molar-refractivity contribution < 1.29 is 80.2 Å². The standard InChI is InChI=1S/C89H148O17P2/c1-5-9-13-17-21-25-29-33-37-39-41-43-47-50-54-58-62-66-70-74-87(92)100-80-85(106-89(94)76-72-68-64-60-56-52-48-44-42-40-38-34-30-26-22-18-14-10-6-2)82-104-108(97,98)102-78-83(90)77-101-107(95,96)103-81-84(105-88(93)75-71-67-63-59-55-51-46-36-32-28-24-20-16-12-8-4)79-99-86(91)73-69-65-61-57-53-49-45-35-31-27-23-19-15-11-7-3/h9-11,13-15,21-23,25-27,33-38,41-46,50,54,83-85,90H,5-8,12,16-20,24,28-32,39-40,47-49,51-53,55-82H2,1-4H3,(H,95,96)(H,97,98)/b13-9-,14-10-,15-11-,25-21-,26-22-,27-23-,37-33-,38-34-,43-41-,44-42-,45-35-,46-36-,54-50-. The largest absolute Gasteiger partial charge is 0.472 e. The van der Waals surface area contributed by atoms with Crippen molar-refractivity contribution in [3.63, 3.8) is 0 Å². The number of aliphatic hydroxyl groups is 1. The molecule has 616 valence electrons. The Morgan fingerprint density at radius 2 is 0.481 bits per heavy atom. The predicted molar refractivity (Wildman–Crippen MR) is 445 cm³/mol. The van der Waals surface area contributed by atoms with Crippen LogP contribution in [0.5, 0.6) is 0 Å². The van der Waals surface area contributed by atoms with Gasteiger partial charge in [0.15, 0.2) is 12.2 Å². The number of phosphoric ester groups is 2. The number of unbranched alkanes of at least 4 members (excludes halogenated alkanes) is 25. The van der Waals surface area contributed by atoms with Crippen LogP contribution in [0.4, 0.5) is 0 Å². The Morgan fingerprint density at radius 1 is 0.269 bits per heavy atom. The lowest BCUT2D eigenvalue weighted by molar-refractivity contribution is -0.161. The van der Waals surface area contributed by atoms with Gasteiger partial charge in [-0.15, -0.1) is 0 Å². The summed E-state index contributed by atoms with van der Waals surface area (Å²) in [6.07, 6.45) is 93.5. The van der Waals surface area contributed by atoms with E-state index in [1.807, 2.05) is 0 Å². The fourth-order valence-corrected chi connectivity index (χ4v) is 12.3. The second-order valence-electron chi connectivity index (χ2n) is 27.3. The first-order valence-corrected chi connectivity index (χ1v) is 44.7. The Labute approximate surface area is 655 Å². The van der Waals surface area contributed by atoms with E-state index in [1.54, 1.807) is 0 Å². The molecular formula is C89H148O17P2. The van der Waals surface area contributed by atoms with Gasteiger partial charge in [-0.3, -0.25) is 37.3 Å². The van der Waals surface area contributed by atoms with E-state index in [4.69, 9.17) is 37.0 Å². The number of phosphoric acid groups is 2. The number of aliphatic hydroxyl groups excluding tert-OH is 1. The van der Waals surface area contributed by atoms with E-state index in [-0.39, 0.29) is 25.7 Å². The quantitative estimate of drug-likeness (QED) is 0.0169. The third-order valence-electron chi connectivity index (χ3n) is 17.0. The molecule has 0 saturated heterocycles. The Hall–Kier alpha value is -5.32. The molecule has 5 atom stereocenters. The summed E-state index contributed by atoms with van der Waals surface area (Å²) in [5.74, 6) is -2.26. The number of ether oxygens (including phenoxy) is 4. The zero-order chi connectivity index (χ0) is 78.9. The summed E-state index contributed by atoms with van der Waals surface area (Å²) in [4.78, 5) is 73.2. The second kappa shape index (κ2) is 79.8. The van der Waals surface area contributed by atoms with Crippen molar-refractivity contribution in [2.45, 2.75) is 341 Å². The van der Waals surface area contributed by atoms with Gasteiger partial charge in [0.05, 0.1) is 26.4 Å². The van der Waals surface area contributed by atoms with E-state index in [1.165, 1.54) is 38.5 Å². The van der Waals surface area contributed by atoms with Gasteiger partial charge in [0.25, 0.3) is 0 Å². The van der Waals surface area contributed by atoms with Crippen LogP contribution in [0.3, 0.4) is 0 Å². The molecule has 3 N–H and O–H groups in total. The minimum absolute atomic E-state index is 0.0654. The number of esters is 4. The average Bonchev–Trinajstić information content (AvgIpc) is 0.896. The molecule has 0 aliphatic rings. The maximum Gasteiger partial charge on any atom is 0.472 e. The molecule has 0 aliphatic heterocycles. The van der Waals surface area contributed by atoms with Crippen molar-refractivity contribution in [1.82, 2.24) is 0 Å². The van der Waals surface area contributed by atoms with Crippen LogP contribution < -0.4 is 0 Å². The van der Waals surface area contributed by atoms with Crippen LogP contribution in [0.1, 0.15) is 323 Å². The molecule has 0 aromatic carbocycles. The van der Waals surface area contributed by atoms with Gasteiger partial charge in [-0.05, 0) is 167 Å². The van der Waals surface area contributed by atoms with E-state index in [0.717, 1.165) is 205 Å². The highest BCUT2D eigenvalue weighted by Crippen LogP contribution is 2.45. The maximum atomic E-state index is 13.1. The van der Waals surface area contributed by atoms with Crippen LogP contribution >= 0.6 is 15.6 Å². The van der Waals surface area contributed by atoms with Crippen LogP contribution in [0.2, 0.25) is 0 Å². The number of carbonyl (C=O) groups excluding carboxylic acids is 4. The summed E-state index contributed by atoms with van der Waals surface area (Å²) in [6, 6.07) is 0. The molecule has 0 heterocycles. The molecule has 0 saturated carbocycles. The van der Waals surface area contributed by atoms with Crippen molar-refractivity contribution in [2.24, 2.45) is 0 Å². The van der Waals surface area contributed by atoms with E-state index in [2.05, 4.69) is 186 Å². The molecule has 0 aromatic heterocycles. The van der Waals surface area contributed by atoms with Crippen molar-refractivity contribution >= 4 is 39.5 Å². The fourth-order valence-electron chi connectivity index (χ4n) is 10.7. The number of hydrogen-bond donors (Lipinski definition) is 3. The number of allylic oxidation sites excluding steroid dienone is 26. The summed E-state index contributed by atoms with van der Waals surface area (Å²) in [6.45, 7) is 4.47. The molecule has 0 aromatic rings. The highest BCUT2D eigenvalue weighted by molar-refractivity contribution is 7.47. The summed E-state index contributed by atoms with van der Waals surface area (Å²) in [5.41, 5.74) is 0. The molecule has 0 bridgehead atoms.